The molecule has 1 aliphatic heterocycles. The van der Waals surface area contributed by atoms with Gasteiger partial charge in [0, 0.05) is 19.2 Å². The van der Waals surface area contributed by atoms with Gasteiger partial charge in [-0.3, -0.25) is 9.59 Å². The molecule has 1 aromatic carbocycles. The maximum Gasteiger partial charge on any atom is 0.309 e. The minimum Gasteiger partial charge on any atom is -0.493 e. The first-order chi connectivity index (χ1) is 14.7. The third-order valence-electron chi connectivity index (χ3n) is 4.77. The lowest BCUT2D eigenvalue weighted by molar-refractivity contribution is -0.140. The molecule has 0 radical (unpaired) electrons. The molecule has 11 heteroatoms. The monoisotopic (exact) mass is 457 g/mol. The molecule has 0 saturated carbocycles. The lowest BCUT2D eigenvalue weighted by atomic mass is 10.1. The number of hydrogen-bond acceptors (Lipinski definition) is 7. The third-order valence-corrected chi connectivity index (χ3v) is 6.65. The van der Waals surface area contributed by atoms with Gasteiger partial charge in [0.25, 0.3) is 0 Å². The third kappa shape index (κ3) is 6.55. The van der Waals surface area contributed by atoms with Gasteiger partial charge in [0.15, 0.2) is 11.5 Å². The minimum absolute atomic E-state index is 0.0124. The molecule has 1 heterocycles. The normalized spacial score (nSPS) is 17.3. The molecule has 0 bridgehead atoms. The number of amides is 2. The highest BCUT2D eigenvalue weighted by Crippen LogP contribution is 2.31. The quantitative estimate of drug-likeness (QED) is 0.524. The summed E-state index contributed by atoms with van der Waals surface area (Å²) in [5.41, 5.74) is 0. The van der Waals surface area contributed by atoms with Crippen molar-refractivity contribution in [3.63, 3.8) is 0 Å². The second-order valence-corrected chi connectivity index (χ2v) is 9.35. The van der Waals surface area contributed by atoms with E-state index in [0.29, 0.717) is 31.2 Å². The molecule has 0 aliphatic carbocycles. The number of rotatable bonds is 9. The van der Waals surface area contributed by atoms with Crippen molar-refractivity contribution in [2.24, 2.45) is 5.92 Å². The van der Waals surface area contributed by atoms with E-state index in [0.717, 1.165) is 6.42 Å². The van der Waals surface area contributed by atoms with Crippen LogP contribution in [-0.2, 0) is 24.3 Å². The van der Waals surface area contributed by atoms with Crippen LogP contribution in [0.3, 0.4) is 0 Å². The largest absolute Gasteiger partial charge is 0.493 e. The number of nitrogens with one attached hydrogen (secondary N) is 2. The Kier molecular flexibility index (Phi) is 9.08. The smallest absolute Gasteiger partial charge is 0.309 e. The number of benzene rings is 1. The van der Waals surface area contributed by atoms with E-state index in [4.69, 9.17) is 14.2 Å². The summed E-state index contributed by atoms with van der Waals surface area (Å²) >= 11 is 0. The van der Waals surface area contributed by atoms with Crippen molar-refractivity contribution < 1.29 is 32.2 Å². The number of nitrogens with zero attached hydrogens (tertiary/aromatic N) is 1. The van der Waals surface area contributed by atoms with Crippen molar-refractivity contribution in [3.8, 4) is 11.5 Å². The molecule has 1 saturated heterocycles. The molecule has 2 amide bonds. The minimum atomic E-state index is -3.94. The average Bonchev–Trinajstić information content (AvgIpc) is 2.76. The zero-order valence-corrected chi connectivity index (χ0v) is 19.2. The first-order valence-corrected chi connectivity index (χ1v) is 11.6. The Morgan fingerprint density at radius 1 is 1.16 bits per heavy atom. The Labute approximate surface area is 183 Å². The topological polar surface area (TPSA) is 123 Å². The number of carbonyl (C=O) groups is 2. The van der Waals surface area contributed by atoms with Crippen LogP contribution < -0.4 is 20.1 Å². The zero-order chi connectivity index (χ0) is 23.0. The van der Waals surface area contributed by atoms with E-state index in [9.17, 15) is 18.0 Å². The summed E-state index contributed by atoms with van der Waals surface area (Å²) in [6, 6.07) is 4.30. The molecule has 2 N–H and O–H groups in total. The van der Waals surface area contributed by atoms with E-state index in [1.54, 1.807) is 0 Å². The fourth-order valence-electron chi connectivity index (χ4n) is 3.03. The van der Waals surface area contributed by atoms with Gasteiger partial charge in [0.2, 0.25) is 10.0 Å². The highest BCUT2D eigenvalue weighted by molar-refractivity contribution is 7.89. The van der Waals surface area contributed by atoms with E-state index in [-0.39, 0.29) is 23.7 Å². The van der Waals surface area contributed by atoms with E-state index in [2.05, 4.69) is 10.6 Å². The summed E-state index contributed by atoms with van der Waals surface area (Å²) in [6.07, 6.45) is 0.327. The van der Waals surface area contributed by atoms with Gasteiger partial charge in [-0.15, -0.1) is 0 Å². The first-order valence-electron chi connectivity index (χ1n) is 10.1. The van der Waals surface area contributed by atoms with Crippen molar-refractivity contribution in [2.45, 2.75) is 37.8 Å². The maximum absolute atomic E-state index is 13.2. The second kappa shape index (κ2) is 11.3. The Morgan fingerprint density at radius 3 is 2.48 bits per heavy atom. The summed E-state index contributed by atoms with van der Waals surface area (Å²) in [5.74, 6) is -0.505. The van der Waals surface area contributed by atoms with Crippen LogP contribution in [0.2, 0.25) is 0 Å². The van der Waals surface area contributed by atoms with Gasteiger partial charge in [-0.2, -0.15) is 4.31 Å². The number of ether oxygens (including phenoxy) is 3. The van der Waals surface area contributed by atoms with Gasteiger partial charge in [0.1, 0.15) is 6.23 Å². The number of carbonyl (C=O) groups excluding carboxylic acids is 2. The van der Waals surface area contributed by atoms with Gasteiger partial charge in [0.05, 0.1) is 32.3 Å². The van der Waals surface area contributed by atoms with Gasteiger partial charge >= 0.3 is 11.8 Å². The molecule has 1 aliphatic rings. The van der Waals surface area contributed by atoms with Gasteiger partial charge in [-0.1, -0.05) is 13.8 Å². The lowest BCUT2D eigenvalue weighted by Gasteiger charge is -2.34. The first kappa shape index (κ1) is 24.9. The molecule has 1 atom stereocenters. The molecular weight excluding hydrogens is 426 g/mol. The summed E-state index contributed by atoms with van der Waals surface area (Å²) in [7, 11) is -1.06. The highest BCUT2D eigenvalue weighted by Gasteiger charge is 2.35. The van der Waals surface area contributed by atoms with E-state index >= 15 is 0 Å². The molecule has 31 heavy (non-hydrogen) atoms. The molecule has 174 valence electrons. The van der Waals surface area contributed by atoms with E-state index in [1.165, 1.54) is 36.7 Å². The number of methoxy groups -OCH3 is 2. The standard InChI is InChI=1S/C20H31N3O7S/c1-14(2)8-9-21-19(24)20(25)22-13-18-23(10-5-11-30-18)31(26,27)15-6-7-16(28-3)17(12-15)29-4/h6-7,12,14,18H,5,8-11,13H2,1-4H3,(H,21,24)(H,22,25)/t18-/m1/s1. The number of hydrogen-bond donors (Lipinski definition) is 2. The molecule has 0 spiro atoms. The number of sulfonamides is 1. The predicted octanol–water partition coefficient (Wildman–Crippen LogP) is 0.719. The van der Waals surface area contributed by atoms with Crippen molar-refractivity contribution in [3.05, 3.63) is 18.2 Å². The van der Waals surface area contributed by atoms with Gasteiger partial charge in [-0.25, -0.2) is 8.42 Å². The lowest BCUT2D eigenvalue weighted by Crippen LogP contribution is -2.53. The summed E-state index contributed by atoms with van der Waals surface area (Å²) in [4.78, 5) is 24.0. The van der Waals surface area contributed by atoms with Gasteiger partial charge < -0.3 is 24.8 Å². The Balaban J connectivity index is 2.07. The molecule has 10 nitrogen and oxygen atoms in total. The molecule has 1 aromatic rings. The van der Waals surface area contributed by atoms with Crippen LogP contribution in [-0.4, -0.2) is 71.2 Å². The van der Waals surface area contributed by atoms with E-state index in [1.807, 2.05) is 13.8 Å². The Morgan fingerprint density at radius 2 is 1.84 bits per heavy atom. The van der Waals surface area contributed by atoms with Crippen LogP contribution in [0.1, 0.15) is 26.7 Å². The van der Waals surface area contributed by atoms with Crippen LogP contribution in [0.4, 0.5) is 0 Å². The molecule has 2 rings (SSSR count). The Hall–Kier alpha value is -2.37. The van der Waals surface area contributed by atoms with Crippen molar-refractivity contribution in [1.82, 2.24) is 14.9 Å². The molecule has 1 fully saturated rings. The second-order valence-electron chi connectivity index (χ2n) is 7.46. The van der Waals surface area contributed by atoms with Crippen LogP contribution in [0.15, 0.2) is 23.1 Å². The fraction of sp³-hybridized carbons (Fsp3) is 0.600. The zero-order valence-electron chi connectivity index (χ0n) is 18.3. The summed E-state index contributed by atoms with van der Waals surface area (Å²) in [5, 5.41) is 5.00. The van der Waals surface area contributed by atoms with Crippen LogP contribution in [0.5, 0.6) is 11.5 Å². The van der Waals surface area contributed by atoms with Crippen LogP contribution in [0.25, 0.3) is 0 Å². The summed E-state index contributed by atoms with van der Waals surface area (Å²) in [6.45, 7) is 4.84. The SMILES string of the molecule is COc1ccc(S(=O)(=O)N2CCCO[C@@H]2CNC(=O)C(=O)NCCC(C)C)cc1OC. The molecule has 0 unspecified atom stereocenters. The van der Waals surface area contributed by atoms with Crippen molar-refractivity contribution >= 4 is 21.8 Å². The molecule has 0 aromatic heterocycles. The predicted molar refractivity (Wildman–Crippen MR) is 113 cm³/mol. The average molecular weight is 458 g/mol. The highest BCUT2D eigenvalue weighted by atomic mass is 32.2. The Bertz CT molecular complexity index is 874. The fourth-order valence-corrected chi connectivity index (χ4v) is 4.61. The van der Waals surface area contributed by atoms with Crippen molar-refractivity contribution in [1.29, 1.82) is 0 Å². The molecular formula is C20H31N3O7S. The van der Waals surface area contributed by atoms with Gasteiger partial charge in [-0.05, 0) is 30.9 Å². The van der Waals surface area contributed by atoms with E-state index < -0.39 is 28.1 Å². The van der Waals surface area contributed by atoms with Crippen molar-refractivity contribution in [2.75, 3.05) is 40.5 Å². The summed E-state index contributed by atoms with van der Waals surface area (Å²) < 4.78 is 43.5. The van der Waals surface area contributed by atoms with Crippen LogP contribution >= 0.6 is 0 Å². The maximum atomic E-state index is 13.2. The van der Waals surface area contributed by atoms with Crippen LogP contribution in [0, 0.1) is 5.92 Å².